The van der Waals surface area contributed by atoms with E-state index in [9.17, 15) is 9.59 Å². The Morgan fingerprint density at radius 1 is 1.20 bits per heavy atom. The Morgan fingerprint density at radius 3 is 2.04 bits per heavy atom. The van der Waals surface area contributed by atoms with Crippen LogP contribution in [0.1, 0.15) is 26.3 Å². The summed E-state index contributed by atoms with van der Waals surface area (Å²) in [6, 6.07) is 10.1. The van der Waals surface area contributed by atoms with E-state index in [0.717, 1.165) is 6.42 Å². The zero-order chi connectivity index (χ0) is 19.4. The van der Waals surface area contributed by atoms with Crippen molar-refractivity contribution in [1.29, 1.82) is 0 Å². The maximum Gasteiger partial charge on any atom is 0.356 e. The minimum atomic E-state index is -2.17. The molecule has 2 N–H and O–H groups in total. The molecular weight excluding hydrogens is 387 g/mol. The molecule has 2 rings (SSSR count). The van der Waals surface area contributed by atoms with Crippen molar-refractivity contribution in [3.63, 3.8) is 0 Å². The van der Waals surface area contributed by atoms with Crippen LogP contribution in [-0.2, 0) is 16.0 Å². The molecule has 1 aliphatic rings. The van der Waals surface area contributed by atoms with E-state index in [4.69, 9.17) is 39.9 Å². The number of rotatable bonds is 2. The number of amides is 1. The molecule has 0 unspecified atom stereocenters. The van der Waals surface area contributed by atoms with Gasteiger partial charge in [-0.15, -0.1) is 0 Å². The van der Waals surface area contributed by atoms with E-state index >= 15 is 0 Å². The molecule has 2 atom stereocenters. The molecule has 0 spiro atoms. The van der Waals surface area contributed by atoms with E-state index in [1.54, 1.807) is 0 Å². The van der Waals surface area contributed by atoms with E-state index in [1.807, 2.05) is 30.1 Å². The lowest BCUT2D eigenvalue weighted by Gasteiger charge is -2.32. The molecule has 8 heteroatoms. The minimum Gasteiger partial charge on any atom is -0.478 e. The third-order valence-electron chi connectivity index (χ3n) is 3.74. The summed E-state index contributed by atoms with van der Waals surface area (Å²) in [6.07, 6.45) is 0.870. The van der Waals surface area contributed by atoms with Crippen molar-refractivity contribution in [1.82, 2.24) is 10.2 Å². The maximum atomic E-state index is 12.2. The Balaban J connectivity index is 0.000000381. The minimum absolute atomic E-state index is 0.0514. The largest absolute Gasteiger partial charge is 0.478 e. The van der Waals surface area contributed by atoms with E-state index < -0.39 is 9.76 Å². The van der Waals surface area contributed by atoms with Crippen LogP contribution in [0.15, 0.2) is 30.3 Å². The van der Waals surface area contributed by atoms with E-state index in [1.165, 1.54) is 5.56 Å². The van der Waals surface area contributed by atoms with Crippen LogP contribution >= 0.6 is 34.8 Å². The highest BCUT2D eigenvalue weighted by Gasteiger charge is 2.42. The second-order valence-electron chi connectivity index (χ2n) is 6.93. The molecule has 0 aromatic heterocycles. The van der Waals surface area contributed by atoms with Crippen LogP contribution < -0.4 is 5.32 Å². The van der Waals surface area contributed by atoms with Crippen molar-refractivity contribution in [2.24, 2.45) is 5.41 Å². The number of aliphatic carboxylic acids is 1. The monoisotopic (exact) mass is 408 g/mol. The molecule has 1 aromatic rings. The van der Waals surface area contributed by atoms with Gasteiger partial charge in [0.2, 0.25) is 5.91 Å². The number of likely N-dealkylation sites (N-methyl/N-ethyl adjacent to an activating group) is 1. The smallest absolute Gasteiger partial charge is 0.356 e. The van der Waals surface area contributed by atoms with Crippen LogP contribution in [0, 0.1) is 5.41 Å². The Bertz CT molecular complexity index is 597. The topological polar surface area (TPSA) is 69.6 Å². The number of hydrogen-bond acceptors (Lipinski definition) is 3. The fourth-order valence-electron chi connectivity index (χ4n) is 2.57. The molecule has 5 nitrogen and oxygen atoms in total. The summed E-state index contributed by atoms with van der Waals surface area (Å²) >= 11 is 14.4. The van der Waals surface area contributed by atoms with Gasteiger partial charge in [0.15, 0.2) is 0 Å². The van der Waals surface area contributed by atoms with Gasteiger partial charge in [-0.25, -0.2) is 4.79 Å². The molecule has 140 valence electrons. The van der Waals surface area contributed by atoms with Crippen LogP contribution in [0.25, 0.3) is 0 Å². The standard InChI is InChI=1S/C15H22N2O.C2HCl3O2/c1-15(2,3)14-16-12(13(18)17(14)4)10-11-8-6-5-7-9-11;3-2(4,5)1(6)7/h5-9,12,14,16H,10H2,1-4H3;(H,6,7)/t12-,14-;/m0./s1. The fourth-order valence-corrected chi connectivity index (χ4v) is 2.57. The zero-order valence-corrected chi connectivity index (χ0v) is 16.9. The third-order valence-corrected chi connectivity index (χ3v) is 4.22. The molecule has 1 heterocycles. The van der Waals surface area contributed by atoms with Gasteiger partial charge >= 0.3 is 5.97 Å². The summed E-state index contributed by atoms with van der Waals surface area (Å²) in [5, 5.41) is 11.3. The Labute approximate surface area is 163 Å². The van der Waals surface area contributed by atoms with Gasteiger partial charge in [-0.2, -0.15) is 0 Å². The van der Waals surface area contributed by atoms with Crippen LogP contribution in [0.4, 0.5) is 0 Å². The average Bonchev–Trinajstić information content (AvgIpc) is 2.76. The summed E-state index contributed by atoms with van der Waals surface area (Å²) in [7, 11) is 1.89. The number of benzene rings is 1. The lowest BCUT2D eigenvalue weighted by atomic mass is 9.92. The Morgan fingerprint density at radius 2 is 1.68 bits per heavy atom. The number of carboxylic acid groups (broad SMARTS) is 1. The molecule has 0 bridgehead atoms. The molecule has 1 aromatic carbocycles. The second-order valence-corrected chi connectivity index (χ2v) is 9.21. The van der Waals surface area contributed by atoms with Gasteiger partial charge in [-0.1, -0.05) is 85.9 Å². The average molecular weight is 410 g/mol. The van der Waals surface area contributed by atoms with E-state index in [0.29, 0.717) is 0 Å². The molecule has 1 amide bonds. The normalized spacial score (nSPS) is 20.9. The number of hydrogen-bond donors (Lipinski definition) is 2. The van der Waals surface area contributed by atoms with Gasteiger partial charge in [0.25, 0.3) is 3.79 Å². The van der Waals surface area contributed by atoms with Gasteiger partial charge in [0.1, 0.15) is 0 Å². The third kappa shape index (κ3) is 6.66. The van der Waals surface area contributed by atoms with Crippen LogP contribution in [-0.4, -0.2) is 44.9 Å². The highest BCUT2D eigenvalue weighted by Crippen LogP contribution is 2.27. The van der Waals surface area contributed by atoms with Crippen LogP contribution in [0.3, 0.4) is 0 Å². The summed E-state index contributed by atoms with van der Waals surface area (Å²) in [6.45, 7) is 6.46. The Kier molecular flexibility index (Phi) is 7.56. The van der Waals surface area contributed by atoms with Crippen LogP contribution in [0.2, 0.25) is 0 Å². The van der Waals surface area contributed by atoms with Crippen molar-refractivity contribution in [3.8, 4) is 0 Å². The molecule has 0 radical (unpaired) electrons. The Hall–Kier alpha value is -1.01. The highest BCUT2D eigenvalue weighted by atomic mass is 35.6. The number of nitrogens with one attached hydrogen (secondary N) is 1. The zero-order valence-electron chi connectivity index (χ0n) is 14.6. The predicted octanol–water partition coefficient (Wildman–Crippen LogP) is 3.47. The number of halogens is 3. The van der Waals surface area contributed by atoms with Gasteiger partial charge in [-0.3, -0.25) is 10.1 Å². The number of carbonyl (C=O) groups excluding carboxylic acids is 1. The number of carboxylic acids is 1. The van der Waals surface area contributed by atoms with Crippen molar-refractivity contribution in [2.75, 3.05) is 7.05 Å². The van der Waals surface area contributed by atoms with Gasteiger partial charge in [-0.05, 0) is 17.4 Å². The molecule has 25 heavy (non-hydrogen) atoms. The summed E-state index contributed by atoms with van der Waals surface area (Å²) in [5.74, 6) is -1.27. The van der Waals surface area contributed by atoms with Gasteiger partial charge < -0.3 is 10.0 Å². The summed E-state index contributed by atoms with van der Waals surface area (Å²) < 4.78 is -2.17. The quantitative estimate of drug-likeness (QED) is 0.734. The lowest BCUT2D eigenvalue weighted by molar-refractivity contribution is -0.136. The van der Waals surface area contributed by atoms with Crippen LogP contribution in [0.5, 0.6) is 0 Å². The lowest BCUT2D eigenvalue weighted by Crippen LogP contribution is -2.45. The number of nitrogens with zero attached hydrogens (tertiary/aromatic N) is 1. The highest BCUT2D eigenvalue weighted by molar-refractivity contribution is 6.75. The van der Waals surface area contributed by atoms with E-state index in [-0.39, 0.29) is 23.5 Å². The number of alkyl halides is 3. The molecule has 0 saturated carbocycles. The molecule has 1 fully saturated rings. The first-order chi connectivity index (χ1) is 11.3. The summed E-state index contributed by atoms with van der Waals surface area (Å²) in [5.41, 5.74) is 1.25. The SMILES string of the molecule is CN1C(=O)[C@H](Cc2ccccc2)N[C@@H]1C(C)(C)C.O=C(O)C(Cl)(Cl)Cl. The van der Waals surface area contributed by atoms with Crippen molar-refractivity contribution < 1.29 is 14.7 Å². The number of carbonyl (C=O) groups is 2. The molecule has 1 aliphatic heterocycles. The molecule has 1 saturated heterocycles. The maximum absolute atomic E-state index is 12.2. The van der Waals surface area contributed by atoms with Crippen molar-refractivity contribution in [3.05, 3.63) is 35.9 Å². The van der Waals surface area contributed by atoms with Gasteiger partial charge in [0.05, 0.1) is 12.2 Å². The molecular formula is C17H23Cl3N2O3. The van der Waals surface area contributed by atoms with Crippen molar-refractivity contribution in [2.45, 2.75) is 43.2 Å². The first kappa shape index (κ1) is 22.0. The summed E-state index contributed by atoms with van der Waals surface area (Å²) in [4.78, 5) is 23.7. The van der Waals surface area contributed by atoms with Crippen molar-refractivity contribution >= 4 is 46.7 Å². The first-order valence-electron chi connectivity index (χ1n) is 7.71. The first-order valence-corrected chi connectivity index (χ1v) is 8.84. The molecule has 0 aliphatic carbocycles. The van der Waals surface area contributed by atoms with E-state index in [2.05, 4.69) is 38.2 Å². The fraction of sp³-hybridized carbons (Fsp3) is 0.529. The van der Waals surface area contributed by atoms with Gasteiger partial charge in [0, 0.05) is 7.05 Å². The second kappa shape index (κ2) is 8.58. The predicted molar refractivity (Wildman–Crippen MR) is 101 cm³/mol.